The Labute approximate surface area is 143 Å². The number of methoxy groups -OCH3 is 1. The van der Waals surface area contributed by atoms with E-state index in [0.717, 1.165) is 48.5 Å². The lowest BCUT2D eigenvalue weighted by molar-refractivity contribution is 0.0690. The standard InChI is InChI=1S/C19H25N3O2/c1-13-7-9-22(10-8-13)19(23)16-12-17(21(3)20-16)15-5-6-18(24-4)14(2)11-15/h5-6,11-13H,7-10H2,1-4H3. The van der Waals surface area contributed by atoms with Gasteiger partial charge in [-0.1, -0.05) is 6.92 Å². The normalized spacial score (nSPS) is 15.6. The fourth-order valence-corrected chi connectivity index (χ4v) is 3.25. The molecule has 5 nitrogen and oxygen atoms in total. The smallest absolute Gasteiger partial charge is 0.274 e. The summed E-state index contributed by atoms with van der Waals surface area (Å²) < 4.78 is 7.09. The summed E-state index contributed by atoms with van der Waals surface area (Å²) in [7, 11) is 3.55. The molecule has 0 atom stereocenters. The molecule has 0 radical (unpaired) electrons. The number of carbonyl (C=O) groups is 1. The minimum atomic E-state index is 0.0361. The lowest BCUT2D eigenvalue weighted by atomic mass is 9.99. The van der Waals surface area contributed by atoms with Crippen LogP contribution in [-0.2, 0) is 7.05 Å². The van der Waals surface area contributed by atoms with Crippen LogP contribution in [0.4, 0.5) is 0 Å². The lowest BCUT2D eigenvalue weighted by Crippen LogP contribution is -2.38. The Morgan fingerprint density at radius 2 is 1.96 bits per heavy atom. The number of aromatic nitrogens is 2. The number of amides is 1. The quantitative estimate of drug-likeness (QED) is 0.869. The minimum Gasteiger partial charge on any atom is -0.496 e. The van der Waals surface area contributed by atoms with Gasteiger partial charge in [0.1, 0.15) is 5.75 Å². The van der Waals surface area contributed by atoms with Crippen LogP contribution in [0.25, 0.3) is 11.3 Å². The molecule has 0 bridgehead atoms. The second kappa shape index (κ2) is 6.67. The van der Waals surface area contributed by atoms with Crippen LogP contribution in [0.15, 0.2) is 24.3 Å². The number of carbonyl (C=O) groups excluding carboxylic acids is 1. The second-order valence-electron chi connectivity index (χ2n) is 6.70. The summed E-state index contributed by atoms with van der Waals surface area (Å²) in [4.78, 5) is 14.6. The fraction of sp³-hybridized carbons (Fsp3) is 0.474. The third-order valence-corrected chi connectivity index (χ3v) is 4.86. The molecular weight excluding hydrogens is 302 g/mol. The van der Waals surface area contributed by atoms with E-state index in [1.165, 1.54) is 0 Å². The predicted octanol–water partition coefficient (Wildman–Crippen LogP) is 3.28. The Bertz CT molecular complexity index is 743. The highest BCUT2D eigenvalue weighted by molar-refractivity contribution is 5.93. The van der Waals surface area contributed by atoms with E-state index in [-0.39, 0.29) is 5.91 Å². The molecule has 1 aliphatic rings. The van der Waals surface area contributed by atoms with Crippen molar-refractivity contribution in [2.24, 2.45) is 13.0 Å². The van der Waals surface area contributed by atoms with Crippen LogP contribution in [0.2, 0.25) is 0 Å². The number of benzene rings is 1. The summed E-state index contributed by atoms with van der Waals surface area (Å²) in [5, 5.41) is 4.45. The molecular formula is C19H25N3O2. The largest absolute Gasteiger partial charge is 0.496 e. The van der Waals surface area contributed by atoms with Gasteiger partial charge in [-0.25, -0.2) is 0 Å². The van der Waals surface area contributed by atoms with Gasteiger partial charge >= 0.3 is 0 Å². The van der Waals surface area contributed by atoms with Gasteiger partial charge in [-0.05, 0) is 55.5 Å². The molecule has 24 heavy (non-hydrogen) atoms. The van der Waals surface area contributed by atoms with Crippen molar-refractivity contribution >= 4 is 5.91 Å². The molecule has 0 N–H and O–H groups in total. The molecule has 0 spiro atoms. The third-order valence-electron chi connectivity index (χ3n) is 4.86. The summed E-state index contributed by atoms with van der Waals surface area (Å²) in [5.74, 6) is 1.60. The topological polar surface area (TPSA) is 47.4 Å². The van der Waals surface area contributed by atoms with Crippen molar-refractivity contribution in [2.45, 2.75) is 26.7 Å². The maximum atomic E-state index is 12.7. The van der Waals surface area contributed by atoms with Gasteiger partial charge in [0.25, 0.3) is 5.91 Å². The van der Waals surface area contributed by atoms with Crippen LogP contribution < -0.4 is 4.74 Å². The van der Waals surface area contributed by atoms with Crippen molar-refractivity contribution in [3.05, 3.63) is 35.5 Å². The summed E-state index contributed by atoms with van der Waals surface area (Å²) in [5.41, 5.74) is 3.56. The number of hydrogen-bond donors (Lipinski definition) is 0. The van der Waals surface area contributed by atoms with Crippen molar-refractivity contribution < 1.29 is 9.53 Å². The molecule has 2 aromatic rings. The molecule has 1 amide bonds. The Morgan fingerprint density at radius 3 is 2.58 bits per heavy atom. The summed E-state index contributed by atoms with van der Waals surface area (Å²) in [6.07, 6.45) is 2.15. The molecule has 3 rings (SSSR count). The highest BCUT2D eigenvalue weighted by atomic mass is 16.5. The Morgan fingerprint density at radius 1 is 1.25 bits per heavy atom. The molecule has 0 aliphatic carbocycles. The minimum absolute atomic E-state index is 0.0361. The summed E-state index contributed by atoms with van der Waals surface area (Å²) in [6.45, 7) is 5.91. The van der Waals surface area contributed by atoms with Gasteiger partial charge in [0, 0.05) is 25.7 Å². The average Bonchev–Trinajstić information content (AvgIpc) is 2.96. The van der Waals surface area contributed by atoms with E-state index in [0.29, 0.717) is 11.6 Å². The number of ether oxygens (including phenoxy) is 1. The van der Waals surface area contributed by atoms with Gasteiger partial charge in [-0.3, -0.25) is 9.48 Å². The van der Waals surface area contributed by atoms with Crippen molar-refractivity contribution in [2.75, 3.05) is 20.2 Å². The van der Waals surface area contributed by atoms with Crippen molar-refractivity contribution in [1.29, 1.82) is 0 Å². The number of nitrogens with zero attached hydrogens (tertiary/aromatic N) is 3. The zero-order valence-electron chi connectivity index (χ0n) is 14.9. The molecule has 0 unspecified atom stereocenters. The van der Waals surface area contributed by atoms with E-state index in [1.54, 1.807) is 11.8 Å². The van der Waals surface area contributed by atoms with Gasteiger partial charge in [0.2, 0.25) is 0 Å². The first kappa shape index (κ1) is 16.6. The van der Waals surface area contributed by atoms with Crippen LogP contribution in [0.5, 0.6) is 5.75 Å². The molecule has 1 aliphatic heterocycles. The number of rotatable bonds is 3. The highest BCUT2D eigenvalue weighted by Gasteiger charge is 2.24. The zero-order chi connectivity index (χ0) is 17.3. The summed E-state index contributed by atoms with van der Waals surface area (Å²) in [6, 6.07) is 7.90. The van der Waals surface area contributed by atoms with Gasteiger partial charge in [0.05, 0.1) is 12.8 Å². The van der Waals surface area contributed by atoms with Crippen LogP contribution in [0, 0.1) is 12.8 Å². The van der Waals surface area contributed by atoms with E-state index in [9.17, 15) is 4.79 Å². The van der Waals surface area contributed by atoms with Crippen molar-refractivity contribution in [3.8, 4) is 17.0 Å². The number of piperidine rings is 1. The average molecular weight is 327 g/mol. The fourth-order valence-electron chi connectivity index (χ4n) is 3.25. The highest BCUT2D eigenvalue weighted by Crippen LogP contribution is 2.27. The third kappa shape index (κ3) is 3.16. The first-order valence-electron chi connectivity index (χ1n) is 8.48. The van der Waals surface area contributed by atoms with E-state index < -0.39 is 0 Å². The van der Waals surface area contributed by atoms with Crippen LogP contribution in [0.1, 0.15) is 35.8 Å². The Hall–Kier alpha value is -2.30. The second-order valence-corrected chi connectivity index (χ2v) is 6.70. The SMILES string of the molecule is COc1ccc(-c2cc(C(=O)N3CCC(C)CC3)nn2C)cc1C. The molecule has 1 aromatic heterocycles. The van der Waals surface area contributed by atoms with E-state index >= 15 is 0 Å². The van der Waals surface area contributed by atoms with Crippen LogP contribution >= 0.6 is 0 Å². The number of likely N-dealkylation sites (tertiary alicyclic amines) is 1. The number of aryl methyl sites for hydroxylation is 2. The van der Waals surface area contributed by atoms with Gasteiger partial charge in [0.15, 0.2) is 5.69 Å². The Balaban J connectivity index is 1.85. The molecule has 1 fully saturated rings. The molecule has 1 aromatic carbocycles. The molecule has 2 heterocycles. The van der Waals surface area contributed by atoms with Gasteiger partial charge in [-0.15, -0.1) is 0 Å². The maximum Gasteiger partial charge on any atom is 0.274 e. The van der Waals surface area contributed by atoms with Crippen molar-refractivity contribution in [1.82, 2.24) is 14.7 Å². The van der Waals surface area contributed by atoms with Crippen molar-refractivity contribution in [3.63, 3.8) is 0 Å². The summed E-state index contributed by atoms with van der Waals surface area (Å²) >= 11 is 0. The van der Waals surface area contributed by atoms with Crippen LogP contribution in [0.3, 0.4) is 0 Å². The predicted molar refractivity (Wildman–Crippen MR) is 94.2 cm³/mol. The first-order valence-corrected chi connectivity index (χ1v) is 8.48. The van der Waals surface area contributed by atoms with E-state index in [1.807, 2.05) is 37.1 Å². The maximum absolute atomic E-state index is 12.7. The zero-order valence-corrected chi connectivity index (χ0v) is 14.9. The van der Waals surface area contributed by atoms with E-state index in [2.05, 4.69) is 18.1 Å². The Kier molecular flexibility index (Phi) is 4.60. The lowest BCUT2D eigenvalue weighted by Gasteiger charge is -2.29. The monoisotopic (exact) mass is 327 g/mol. The first-order chi connectivity index (χ1) is 11.5. The van der Waals surface area contributed by atoms with Gasteiger partial charge < -0.3 is 9.64 Å². The molecule has 1 saturated heterocycles. The van der Waals surface area contributed by atoms with Gasteiger partial charge in [-0.2, -0.15) is 5.10 Å². The number of hydrogen-bond acceptors (Lipinski definition) is 3. The van der Waals surface area contributed by atoms with E-state index in [4.69, 9.17) is 4.74 Å². The molecule has 5 heteroatoms. The van der Waals surface area contributed by atoms with Crippen LogP contribution in [-0.4, -0.2) is 40.8 Å². The molecule has 0 saturated carbocycles. The molecule has 128 valence electrons.